The summed E-state index contributed by atoms with van der Waals surface area (Å²) in [6.07, 6.45) is 12.1. The smallest absolute Gasteiger partial charge is 0.336 e. The third kappa shape index (κ3) is 4.48. The molecule has 21 heavy (non-hydrogen) atoms. The van der Waals surface area contributed by atoms with Crippen LogP contribution in [0, 0.1) is 5.92 Å². The number of carboxylic acid groups (broad SMARTS) is 1. The average Bonchev–Trinajstić information content (AvgIpc) is 2.52. The van der Waals surface area contributed by atoms with Crippen LogP contribution in [0.3, 0.4) is 0 Å². The zero-order valence-electron chi connectivity index (χ0n) is 12.4. The van der Waals surface area contributed by atoms with Crippen LogP contribution in [0.2, 0.25) is 0 Å². The van der Waals surface area contributed by atoms with Crippen molar-refractivity contribution in [3.63, 3.8) is 0 Å². The summed E-state index contributed by atoms with van der Waals surface area (Å²) < 4.78 is 5.09. The van der Waals surface area contributed by atoms with Gasteiger partial charge in [-0.2, -0.15) is 0 Å². The Labute approximate surface area is 125 Å². The van der Waals surface area contributed by atoms with Crippen molar-refractivity contribution in [1.82, 2.24) is 0 Å². The van der Waals surface area contributed by atoms with Crippen molar-refractivity contribution in [3.05, 3.63) is 48.1 Å². The monoisotopic (exact) mass is 286 g/mol. The molecule has 0 saturated heterocycles. The van der Waals surface area contributed by atoms with Gasteiger partial charge in [-0.1, -0.05) is 43.5 Å². The normalized spacial score (nSPS) is 17.1. The van der Waals surface area contributed by atoms with Gasteiger partial charge in [-0.3, -0.25) is 0 Å². The van der Waals surface area contributed by atoms with E-state index in [1.807, 2.05) is 6.08 Å². The third-order valence-corrected chi connectivity index (χ3v) is 3.93. The molecule has 0 aromatic heterocycles. The van der Waals surface area contributed by atoms with Gasteiger partial charge in [0.05, 0.1) is 12.7 Å². The lowest BCUT2D eigenvalue weighted by Gasteiger charge is -2.17. The topological polar surface area (TPSA) is 46.5 Å². The molecule has 1 saturated carbocycles. The van der Waals surface area contributed by atoms with Gasteiger partial charge >= 0.3 is 5.97 Å². The summed E-state index contributed by atoms with van der Waals surface area (Å²) in [5, 5.41) is 9.36. The lowest BCUT2D eigenvalue weighted by atomic mass is 9.89. The van der Waals surface area contributed by atoms with Gasteiger partial charge in [0.1, 0.15) is 5.75 Å². The van der Waals surface area contributed by atoms with Crippen molar-refractivity contribution in [2.24, 2.45) is 5.92 Å². The van der Waals surface area contributed by atoms with Crippen LogP contribution < -0.4 is 4.74 Å². The molecule has 0 aliphatic heterocycles. The Morgan fingerprint density at radius 1 is 1.19 bits per heavy atom. The highest BCUT2D eigenvalue weighted by molar-refractivity contribution is 6.15. The molecule has 3 heteroatoms. The van der Waals surface area contributed by atoms with E-state index < -0.39 is 5.97 Å². The first-order chi connectivity index (χ1) is 10.2. The lowest BCUT2D eigenvalue weighted by Crippen LogP contribution is -2.02. The van der Waals surface area contributed by atoms with Gasteiger partial charge in [0.25, 0.3) is 0 Å². The van der Waals surface area contributed by atoms with Gasteiger partial charge in [-0.15, -0.1) is 0 Å². The third-order valence-electron chi connectivity index (χ3n) is 3.93. The van der Waals surface area contributed by atoms with Crippen LogP contribution in [-0.2, 0) is 4.79 Å². The summed E-state index contributed by atoms with van der Waals surface area (Å²) in [7, 11) is 1.59. The number of benzene rings is 1. The molecule has 0 unspecified atom stereocenters. The van der Waals surface area contributed by atoms with E-state index in [1.165, 1.54) is 32.1 Å². The van der Waals surface area contributed by atoms with E-state index in [9.17, 15) is 9.90 Å². The van der Waals surface area contributed by atoms with Crippen LogP contribution >= 0.6 is 0 Å². The maximum absolute atomic E-state index is 11.4. The number of allylic oxidation sites excluding steroid dienone is 3. The van der Waals surface area contributed by atoms with E-state index >= 15 is 0 Å². The molecule has 0 spiro atoms. The fraction of sp³-hybridized carbons (Fsp3) is 0.389. The molecule has 0 amide bonds. The molecule has 0 atom stereocenters. The fourth-order valence-corrected chi connectivity index (χ4v) is 2.70. The molecule has 2 rings (SSSR count). The minimum atomic E-state index is -0.909. The SMILES string of the molecule is COc1ccc(C(=CC=CC2CCCCC2)C(=O)O)cc1. The van der Waals surface area contributed by atoms with Crippen molar-refractivity contribution >= 4 is 11.5 Å². The van der Waals surface area contributed by atoms with Crippen molar-refractivity contribution in [2.75, 3.05) is 7.11 Å². The summed E-state index contributed by atoms with van der Waals surface area (Å²) in [6, 6.07) is 7.09. The van der Waals surface area contributed by atoms with E-state index in [4.69, 9.17) is 4.74 Å². The standard InChI is InChI=1S/C18H22O3/c1-21-16-12-10-15(11-13-16)17(18(19)20)9-5-8-14-6-3-2-4-7-14/h5,8-14H,2-4,6-7H2,1H3,(H,19,20). The number of ether oxygens (including phenoxy) is 1. The highest BCUT2D eigenvalue weighted by Crippen LogP contribution is 2.25. The largest absolute Gasteiger partial charge is 0.497 e. The molecule has 1 aromatic carbocycles. The van der Waals surface area contributed by atoms with Gasteiger partial charge in [-0.25, -0.2) is 4.79 Å². The summed E-state index contributed by atoms with van der Waals surface area (Å²) in [5.41, 5.74) is 1.00. The summed E-state index contributed by atoms with van der Waals surface area (Å²) in [4.78, 5) is 11.4. The fourth-order valence-electron chi connectivity index (χ4n) is 2.70. The van der Waals surface area contributed by atoms with Crippen LogP contribution in [0.25, 0.3) is 5.57 Å². The van der Waals surface area contributed by atoms with Crippen LogP contribution in [-0.4, -0.2) is 18.2 Å². The first kappa shape index (κ1) is 15.4. The van der Waals surface area contributed by atoms with Gasteiger partial charge in [0.2, 0.25) is 0 Å². The van der Waals surface area contributed by atoms with Crippen LogP contribution in [0.15, 0.2) is 42.5 Å². The second-order valence-electron chi connectivity index (χ2n) is 5.40. The first-order valence-electron chi connectivity index (χ1n) is 7.47. The summed E-state index contributed by atoms with van der Waals surface area (Å²) in [5.74, 6) is 0.413. The Morgan fingerprint density at radius 2 is 1.86 bits per heavy atom. The maximum atomic E-state index is 11.4. The molecule has 1 fully saturated rings. The molecular weight excluding hydrogens is 264 g/mol. The number of hydrogen-bond donors (Lipinski definition) is 1. The van der Waals surface area contributed by atoms with E-state index in [-0.39, 0.29) is 0 Å². The number of carboxylic acids is 1. The van der Waals surface area contributed by atoms with Gasteiger partial charge in [0.15, 0.2) is 0 Å². The number of carbonyl (C=O) groups is 1. The number of aliphatic carboxylic acids is 1. The number of methoxy groups -OCH3 is 1. The van der Waals surface area contributed by atoms with Crippen molar-refractivity contribution in [3.8, 4) is 5.75 Å². The second kappa shape index (κ2) is 7.67. The van der Waals surface area contributed by atoms with Crippen LogP contribution in [0.1, 0.15) is 37.7 Å². The molecule has 0 heterocycles. The first-order valence-corrected chi connectivity index (χ1v) is 7.47. The molecule has 1 N–H and O–H groups in total. The second-order valence-corrected chi connectivity index (χ2v) is 5.40. The minimum absolute atomic E-state index is 0.310. The van der Waals surface area contributed by atoms with Crippen LogP contribution in [0.5, 0.6) is 5.75 Å². The van der Waals surface area contributed by atoms with Gasteiger partial charge < -0.3 is 9.84 Å². The summed E-state index contributed by atoms with van der Waals surface area (Å²) >= 11 is 0. The van der Waals surface area contributed by atoms with Gasteiger partial charge in [-0.05, 0) is 42.5 Å². The minimum Gasteiger partial charge on any atom is -0.497 e. The van der Waals surface area contributed by atoms with E-state index in [0.29, 0.717) is 17.1 Å². The van der Waals surface area contributed by atoms with Crippen molar-refractivity contribution in [1.29, 1.82) is 0 Å². The Bertz CT molecular complexity index is 520. The molecule has 0 bridgehead atoms. The molecule has 3 nitrogen and oxygen atoms in total. The van der Waals surface area contributed by atoms with E-state index in [2.05, 4.69) is 6.08 Å². The van der Waals surface area contributed by atoms with E-state index in [0.717, 1.165) is 5.75 Å². The van der Waals surface area contributed by atoms with E-state index in [1.54, 1.807) is 37.5 Å². The maximum Gasteiger partial charge on any atom is 0.336 e. The predicted molar refractivity (Wildman–Crippen MR) is 84.3 cm³/mol. The molecule has 1 aromatic rings. The van der Waals surface area contributed by atoms with Crippen molar-refractivity contribution in [2.45, 2.75) is 32.1 Å². The average molecular weight is 286 g/mol. The molecular formula is C18H22O3. The lowest BCUT2D eigenvalue weighted by molar-refractivity contribution is -0.130. The van der Waals surface area contributed by atoms with Gasteiger partial charge in [0, 0.05) is 0 Å². The highest BCUT2D eigenvalue weighted by Gasteiger charge is 2.11. The van der Waals surface area contributed by atoms with Crippen molar-refractivity contribution < 1.29 is 14.6 Å². The molecule has 1 aliphatic carbocycles. The summed E-state index contributed by atoms with van der Waals surface area (Å²) in [6.45, 7) is 0. The predicted octanol–water partition coefficient (Wildman–Crippen LogP) is 4.30. The highest BCUT2D eigenvalue weighted by atomic mass is 16.5. The Morgan fingerprint density at radius 3 is 2.43 bits per heavy atom. The molecule has 1 aliphatic rings. The Balaban J connectivity index is 2.11. The van der Waals surface area contributed by atoms with Crippen LogP contribution in [0.4, 0.5) is 0 Å². The molecule has 0 radical (unpaired) electrons. The molecule has 112 valence electrons. The Hall–Kier alpha value is -2.03. The number of hydrogen-bond acceptors (Lipinski definition) is 2. The Kier molecular flexibility index (Phi) is 5.61. The quantitative estimate of drug-likeness (QED) is 0.648. The zero-order chi connectivity index (χ0) is 15.1. The number of rotatable bonds is 5. The zero-order valence-corrected chi connectivity index (χ0v) is 12.4.